The lowest BCUT2D eigenvalue weighted by atomic mass is 10.5. The van der Waals surface area contributed by atoms with Crippen LogP contribution in [0.4, 0.5) is 8.78 Å². The SMILES string of the molecule is O=S(CCC=C(F)F)c1cnc(Cl)cn1. The molecule has 0 aliphatic heterocycles. The van der Waals surface area contributed by atoms with Gasteiger partial charge in [-0.1, -0.05) is 11.6 Å². The van der Waals surface area contributed by atoms with Crippen LogP contribution in [-0.2, 0) is 10.8 Å². The number of nitrogens with zero attached hydrogens (tertiary/aromatic N) is 2. The van der Waals surface area contributed by atoms with Crippen LogP contribution >= 0.6 is 11.6 Å². The summed E-state index contributed by atoms with van der Waals surface area (Å²) in [6.07, 6.45) is 1.53. The summed E-state index contributed by atoms with van der Waals surface area (Å²) in [6.45, 7) is 0. The highest BCUT2D eigenvalue weighted by atomic mass is 35.5. The zero-order valence-corrected chi connectivity index (χ0v) is 9.06. The minimum Gasteiger partial charge on any atom is -0.253 e. The molecule has 0 aliphatic rings. The highest BCUT2D eigenvalue weighted by molar-refractivity contribution is 7.84. The van der Waals surface area contributed by atoms with Crippen LogP contribution in [-0.4, -0.2) is 19.9 Å². The predicted molar refractivity (Wildman–Crippen MR) is 53.2 cm³/mol. The Bertz CT molecular complexity index is 379. The fourth-order valence-corrected chi connectivity index (χ4v) is 1.78. The standard InChI is InChI=1S/C8H7ClF2N2OS/c9-6-4-13-8(5-12-6)15(14)3-1-2-7(10)11/h2,4-5H,1,3H2. The summed E-state index contributed by atoms with van der Waals surface area (Å²) in [7, 11) is -1.42. The van der Waals surface area contributed by atoms with Crippen LogP contribution in [0.3, 0.4) is 0 Å². The van der Waals surface area contributed by atoms with Gasteiger partial charge in [-0.05, 0) is 12.5 Å². The van der Waals surface area contributed by atoms with E-state index < -0.39 is 16.9 Å². The number of aromatic nitrogens is 2. The minimum atomic E-state index is -1.77. The van der Waals surface area contributed by atoms with Gasteiger partial charge in [0.05, 0.1) is 23.2 Å². The first kappa shape index (κ1) is 12.2. The first-order chi connectivity index (χ1) is 7.09. The molecule has 0 radical (unpaired) electrons. The maximum Gasteiger partial charge on any atom is 0.266 e. The Labute approximate surface area is 92.6 Å². The second kappa shape index (κ2) is 5.87. The molecule has 1 aromatic rings. The van der Waals surface area contributed by atoms with Gasteiger partial charge in [-0.2, -0.15) is 8.78 Å². The van der Waals surface area contributed by atoms with Crippen molar-refractivity contribution >= 4 is 22.4 Å². The summed E-state index contributed by atoms with van der Waals surface area (Å²) in [5.41, 5.74) is 0. The van der Waals surface area contributed by atoms with Crippen molar-refractivity contribution in [3.05, 3.63) is 29.7 Å². The normalized spacial score (nSPS) is 12.2. The van der Waals surface area contributed by atoms with Gasteiger partial charge in [0.1, 0.15) is 10.2 Å². The summed E-state index contributed by atoms with van der Waals surface area (Å²) in [6, 6.07) is 0. The number of allylic oxidation sites excluding steroid dienone is 1. The van der Waals surface area contributed by atoms with Gasteiger partial charge in [0.2, 0.25) is 0 Å². The maximum absolute atomic E-state index is 11.7. The van der Waals surface area contributed by atoms with Gasteiger partial charge in [0.15, 0.2) is 0 Å². The molecule has 7 heteroatoms. The van der Waals surface area contributed by atoms with E-state index in [0.717, 1.165) is 6.08 Å². The van der Waals surface area contributed by atoms with E-state index in [2.05, 4.69) is 9.97 Å². The van der Waals surface area contributed by atoms with Crippen molar-refractivity contribution in [3.8, 4) is 0 Å². The minimum absolute atomic E-state index is 0.0409. The quantitative estimate of drug-likeness (QED) is 0.826. The molecule has 0 N–H and O–H groups in total. The van der Waals surface area contributed by atoms with E-state index in [-0.39, 0.29) is 22.4 Å². The van der Waals surface area contributed by atoms with E-state index in [1.165, 1.54) is 12.4 Å². The fraction of sp³-hybridized carbons (Fsp3) is 0.250. The summed E-state index contributed by atoms with van der Waals surface area (Å²) in [4.78, 5) is 7.46. The Balaban J connectivity index is 2.54. The summed E-state index contributed by atoms with van der Waals surface area (Å²) in [5, 5.41) is 0.442. The predicted octanol–water partition coefficient (Wildman–Crippen LogP) is 2.41. The molecule has 1 rings (SSSR count). The maximum atomic E-state index is 11.7. The average Bonchev–Trinajstić information content (AvgIpc) is 2.18. The third-order valence-corrected chi connectivity index (χ3v) is 2.91. The number of rotatable bonds is 4. The molecule has 1 unspecified atom stereocenters. The molecule has 0 aromatic carbocycles. The first-order valence-corrected chi connectivity index (χ1v) is 5.66. The molecule has 0 fully saturated rings. The van der Waals surface area contributed by atoms with Gasteiger partial charge in [-0.3, -0.25) is 4.21 Å². The van der Waals surface area contributed by atoms with Crippen LogP contribution in [0.1, 0.15) is 6.42 Å². The summed E-state index contributed by atoms with van der Waals surface area (Å²) in [5.74, 6) is 0.0909. The summed E-state index contributed by atoms with van der Waals surface area (Å²) >= 11 is 5.48. The lowest BCUT2D eigenvalue weighted by Crippen LogP contribution is -2.00. The van der Waals surface area contributed by atoms with Gasteiger partial charge >= 0.3 is 0 Å². The molecular weight excluding hydrogens is 246 g/mol. The van der Waals surface area contributed by atoms with Gasteiger partial charge in [-0.15, -0.1) is 0 Å². The molecule has 0 saturated carbocycles. The van der Waals surface area contributed by atoms with Crippen molar-refractivity contribution < 1.29 is 13.0 Å². The van der Waals surface area contributed by atoms with E-state index in [4.69, 9.17) is 11.6 Å². The smallest absolute Gasteiger partial charge is 0.253 e. The van der Waals surface area contributed by atoms with E-state index in [0.29, 0.717) is 0 Å². The van der Waals surface area contributed by atoms with Crippen LogP contribution in [0.15, 0.2) is 29.6 Å². The summed E-state index contributed by atoms with van der Waals surface area (Å²) < 4.78 is 34.7. The van der Waals surface area contributed by atoms with Crippen molar-refractivity contribution in [1.82, 2.24) is 9.97 Å². The van der Waals surface area contributed by atoms with Gasteiger partial charge in [0, 0.05) is 5.75 Å². The van der Waals surface area contributed by atoms with Gasteiger partial charge < -0.3 is 0 Å². The van der Waals surface area contributed by atoms with Crippen LogP contribution in [0, 0.1) is 0 Å². The van der Waals surface area contributed by atoms with E-state index in [9.17, 15) is 13.0 Å². The fourth-order valence-electron chi connectivity index (χ4n) is 0.798. The molecule has 0 saturated heterocycles. The van der Waals surface area contributed by atoms with Crippen molar-refractivity contribution in [1.29, 1.82) is 0 Å². The van der Waals surface area contributed by atoms with Gasteiger partial charge in [-0.25, -0.2) is 9.97 Å². The van der Waals surface area contributed by atoms with E-state index in [1.807, 2.05) is 0 Å². The molecule has 1 atom stereocenters. The second-order valence-electron chi connectivity index (χ2n) is 2.51. The van der Waals surface area contributed by atoms with Crippen LogP contribution in [0.2, 0.25) is 5.15 Å². The Morgan fingerprint density at radius 3 is 2.73 bits per heavy atom. The Hall–Kier alpha value is -0.880. The topological polar surface area (TPSA) is 42.9 Å². The van der Waals surface area contributed by atoms with Gasteiger partial charge in [0.25, 0.3) is 6.08 Å². The van der Waals surface area contributed by atoms with Crippen LogP contribution in [0.25, 0.3) is 0 Å². The van der Waals surface area contributed by atoms with Crippen molar-refractivity contribution in [2.45, 2.75) is 11.4 Å². The molecule has 0 spiro atoms. The molecule has 3 nitrogen and oxygen atoms in total. The Kier molecular flexibility index (Phi) is 4.77. The number of hydrogen-bond acceptors (Lipinski definition) is 3. The van der Waals surface area contributed by atoms with Crippen LogP contribution < -0.4 is 0 Å². The van der Waals surface area contributed by atoms with E-state index >= 15 is 0 Å². The highest BCUT2D eigenvalue weighted by Gasteiger charge is 2.05. The van der Waals surface area contributed by atoms with E-state index in [1.54, 1.807) is 0 Å². The number of hydrogen-bond donors (Lipinski definition) is 0. The van der Waals surface area contributed by atoms with Crippen molar-refractivity contribution in [2.75, 3.05) is 5.75 Å². The number of halogens is 3. The third-order valence-electron chi connectivity index (χ3n) is 1.43. The molecular formula is C8H7ClF2N2OS. The van der Waals surface area contributed by atoms with Crippen molar-refractivity contribution in [2.24, 2.45) is 0 Å². The monoisotopic (exact) mass is 252 g/mol. The largest absolute Gasteiger partial charge is 0.266 e. The molecule has 1 aromatic heterocycles. The Morgan fingerprint density at radius 2 is 2.20 bits per heavy atom. The average molecular weight is 253 g/mol. The van der Waals surface area contributed by atoms with Crippen molar-refractivity contribution in [3.63, 3.8) is 0 Å². The molecule has 0 amide bonds. The molecule has 0 bridgehead atoms. The third kappa shape index (κ3) is 4.44. The highest BCUT2D eigenvalue weighted by Crippen LogP contribution is 2.07. The zero-order chi connectivity index (χ0) is 11.3. The second-order valence-corrected chi connectivity index (χ2v) is 4.41. The Morgan fingerprint density at radius 1 is 1.47 bits per heavy atom. The zero-order valence-electron chi connectivity index (χ0n) is 7.49. The first-order valence-electron chi connectivity index (χ1n) is 3.96. The van der Waals surface area contributed by atoms with Crippen LogP contribution in [0.5, 0.6) is 0 Å². The molecule has 1 heterocycles. The lowest BCUT2D eigenvalue weighted by molar-refractivity contribution is 0.418. The molecule has 82 valence electrons. The molecule has 0 aliphatic carbocycles. The lowest BCUT2D eigenvalue weighted by Gasteiger charge is -1.98. The molecule has 15 heavy (non-hydrogen) atoms.